The summed E-state index contributed by atoms with van der Waals surface area (Å²) in [6, 6.07) is 9.72. The van der Waals surface area contributed by atoms with E-state index >= 15 is 0 Å². The fraction of sp³-hybridized carbons (Fsp3) is 0.381. The van der Waals surface area contributed by atoms with Crippen LogP contribution in [0, 0.1) is 10.1 Å². The first-order valence-corrected chi connectivity index (χ1v) is 10.3. The van der Waals surface area contributed by atoms with E-state index in [1.54, 1.807) is 30.3 Å². The van der Waals surface area contributed by atoms with Gasteiger partial charge in [0.1, 0.15) is 11.4 Å². The summed E-state index contributed by atoms with van der Waals surface area (Å²) in [6.07, 6.45) is 0.598. The van der Waals surface area contributed by atoms with E-state index in [2.05, 4.69) is 10.2 Å². The second kappa shape index (κ2) is 8.49. The van der Waals surface area contributed by atoms with E-state index < -0.39 is 4.92 Å². The van der Waals surface area contributed by atoms with Gasteiger partial charge in [0.15, 0.2) is 0 Å². The second-order valence-electron chi connectivity index (χ2n) is 7.60. The van der Waals surface area contributed by atoms with Crippen molar-refractivity contribution in [1.82, 2.24) is 10.2 Å². The number of amides is 1. The molecule has 1 N–H and O–H groups in total. The number of piperazine rings is 1. The minimum atomic E-state index is -0.423. The van der Waals surface area contributed by atoms with Gasteiger partial charge in [-0.15, -0.1) is 0 Å². The molecule has 8 nitrogen and oxygen atoms in total. The fourth-order valence-corrected chi connectivity index (χ4v) is 4.06. The van der Waals surface area contributed by atoms with Crippen molar-refractivity contribution in [2.24, 2.45) is 0 Å². The number of nitrogens with one attached hydrogen (secondary N) is 1. The summed E-state index contributed by atoms with van der Waals surface area (Å²) in [7, 11) is 2.03. The molecule has 1 amide bonds. The van der Waals surface area contributed by atoms with Gasteiger partial charge in [0.25, 0.3) is 11.6 Å². The van der Waals surface area contributed by atoms with Gasteiger partial charge >= 0.3 is 0 Å². The maximum absolute atomic E-state index is 12.9. The van der Waals surface area contributed by atoms with E-state index in [1.807, 2.05) is 11.9 Å². The summed E-state index contributed by atoms with van der Waals surface area (Å²) in [6.45, 7) is 3.57. The molecular weight excluding hydrogens is 408 g/mol. The van der Waals surface area contributed by atoms with Gasteiger partial charge in [0, 0.05) is 54.8 Å². The van der Waals surface area contributed by atoms with Crippen molar-refractivity contribution in [2.75, 3.05) is 44.7 Å². The number of carbonyl (C=O) groups is 1. The van der Waals surface area contributed by atoms with Crippen molar-refractivity contribution in [2.45, 2.75) is 12.5 Å². The quantitative estimate of drug-likeness (QED) is 0.591. The molecule has 1 saturated heterocycles. The maximum Gasteiger partial charge on any atom is 0.293 e. The number of anilines is 1. The summed E-state index contributed by atoms with van der Waals surface area (Å²) in [5, 5.41) is 15.2. The van der Waals surface area contributed by atoms with Crippen LogP contribution in [0.25, 0.3) is 0 Å². The third-order valence-corrected chi connectivity index (χ3v) is 5.83. The van der Waals surface area contributed by atoms with Crippen LogP contribution in [0.2, 0.25) is 5.02 Å². The minimum Gasteiger partial charge on any atom is -0.493 e. The van der Waals surface area contributed by atoms with Gasteiger partial charge in [-0.25, -0.2) is 0 Å². The van der Waals surface area contributed by atoms with E-state index in [0.29, 0.717) is 42.6 Å². The Morgan fingerprint density at radius 3 is 2.70 bits per heavy atom. The van der Waals surface area contributed by atoms with Crippen LogP contribution in [0.15, 0.2) is 36.4 Å². The number of rotatable bonds is 4. The smallest absolute Gasteiger partial charge is 0.293 e. The summed E-state index contributed by atoms with van der Waals surface area (Å²) in [5.74, 6) is 0.327. The highest BCUT2D eigenvalue weighted by molar-refractivity contribution is 6.30. The molecule has 0 radical (unpaired) electrons. The molecule has 2 heterocycles. The summed E-state index contributed by atoms with van der Waals surface area (Å²) < 4.78 is 5.63. The van der Waals surface area contributed by atoms with Crippen LogP contribution in [-0.2, 0) is 0 Å². The highest BCUT2D eigenvalue weighted by atomic mass is 35.5. The van der Waals surface area contributed by atoms with Gasteiger partial charge in [-0.2, -0.15) is 0 Å². The van der Waals surface area contributed by atoms with Gasteiger partial charge in [-0.05, 0) is 37.4 Å². The first-order valence-electron chi connectivity index (χ1n) is 9.87. The van der Waals surface area contributed by atoms with Gasteiger partial charge in [0.2, 0.25) is 0 Å². The molecule has 30 heavy (non-hydrogen) atoms. The summed E-state index contributed by atoms with van der Waals surface area (Å²) >= 11 is 6.10. The molecule has 0 spiro atoms. The summed E-state index contributed by atoms with van der Waals surface area (Å²) in [4.78, 5) is 28.3. The molecule has 2 aromatic carbocycles. The van der Waals surface area contributed by atoms with Crippen LogP contribution in [0.1, 0.15) is 28.4 Å². The molecule has 0 bridgehead atoms. The third kappa shape index (κ3) is 4.20. The normalized spacial score (nSPS) is 19.0. The second-order valence-corrected chi connectivity index (χ2v) is 8.03. The maximum atomic E-state index is 12.9. The third-order valence-electron chi connectivity index (χ3n) is 5.59. The molecule has 0 aromatic heterocycles. The first kappa shape index (κ1) is 20.4. The van der Waals surface area contributed by atoms with Gasteiger partial charge in [-0.1, -0.05) is 11.6 Å². The number of halogens is 1. The first-order chi connectivity index (χ1) is 14.4. The van der Waals surface area contributed by atoms with Crippen molar-refractivity contribution in [1.29, 1.82) is 0 Å². The molecule has 1 fully saturated rings. The van der Waals surface area contributed by atoms with Crippen LogP contribution in [0.3, 0.4) is 0 Å². The highest BCUT2D eigenvalue weighted by Gasteiger charge is 2.27. The van der Waals surface area contributed by atoms with Crippen molar-refractivity contribution in [3.63, 3.8) is 0 Å². The standard InChI is InChI=1S/C21H23ClN4O4/c1-24-7-9-25(10-8-24)18-4-2-14(12-19(18)26(28)29)21(27)23-17-6-11-30-20-5-3-15(22)13-16(17)20/h2-5,12-13,17H,6-11H2,1H3,(H,23,27). The topological polar surface area (TPSA) is 88.0 Å². The average molecular weight is 431 g/mol. The number of hydrogen-bond donors (Lipinski definition) is 1. The van der Waals surface area contributed by atoms with E-state index in [4.69, 9.17) is 16.3 Å². The zero-order chi connectivity index (χ0) is 21.3. The predicted octanol–water partition coefficient (Wildman–Crippen LogP) is 3.25. The Balaban J connectivity index is 1.56. The van der Waals surface area contributed by atoms with E-state index in [0.717, 1.165) is 18.7 Å². The molecule has 0 aliphatic carbocycles. The Hall–Kier alpha value is -2.84. The largest absolute Gasteiger partial charge is 0.493 e. The van der Waals surface area contributed by atoms with Crippen molar-refractivity contribution in [3.8, 4) is 5.75 Å². The Bertz CT molecular complexity index is 975. The number of nitrogens with zero attached hydrogens (tertiary/aromatic N) is 3. The lowest BCUT2D eigenvalue weighted by atomic mass is 10.00. The zero-order valence-electron chi connectivity index (χ0n) is 16.6. The number of benzene rings is 2. The van der Waals surface area contributed by atoms with Gasteiger partial charge in [-0.3, -0.25) is 14.9 Å². The molecule has 9 heteroatoms. The number of nitro groups is 1. The average Bonchev–Trinajstić information content (AvgIpc) is 2.74. The number of fused-ring (bicyclic) bond motifs is 1. The van der Waals surface area contributed by atoms with E-state index in [9.17, 15) is 14.9 Å². The number of nitro benzene ring substituents is 1. The lowest BCUT2D eigenvalue weighted by molar-refractivity contribution is -0.384. The van der Waals surface area contributed by atoms with Crippen LogP contribution < -0.4 is 15.0 Å². The predicted molar refractivity (Wildman–Crippen MR) is 115 cm³/mol. The molecule has 1 atom stereocenters. The summed E-state index contributed by atoms with van der Waals surface area (Å²) in [5.41, 5.74) is 1.57. The van der Waals surface area contributed by atoms with Gasteiger partial charge in [0.05, 0.1) is 17.6 Å². The molecule has 2 aliphatic rings. The number of ether oxygens (including phenoxy) is 1. The SMILES string of the molecule is CN1CCN(c2ccc(C(=O)NC3CCOc4ccc(Cl)cc43)cc2[N+](=O)[O-])CC1. The fourth-order valence-electron chi connectivity index (χ4n) is 3.88. The van der Waals surface area contributed by atoms with E-state index in [-0.39, 0.29) is 23.2 Å². The zero-order valence-corrected chi connectivity index (χ0v) is 17.4. The monoisotopic (exact) mass is 430 g/mol. The highest BCUT2D eigenvalue weighted by Crippen LogP contribution is 2.35. The van der Waals surface area contributed by atoms with Crippen molar-refractivity contribution < 1.29 is 14.5 Å². The van der Waals surface area contributed by atoms with Crippen LogP contribution >= 0.6 is 11.6 Å². The number of likely N-dealkylation sites (N-methyl/N-ethyl adjacent to an activating group) is 1. The number of carbonyl (C=O) groups excluding carboxylic acids is 1. The lowest BCUT2D eigenvalue weighted by Crippen LogP contribution is -2.44. The minimum absolute atomic E-state index is 0.0531. The van der Waals surface area contributed by atoms with Crippen LogP contribution in [0.4, 0.5) is 11.4 Å². The lowest BCUT2D eigenvalue weighted by Gasteiger charge is -2.33. The molecule has 2 aromatic rings. The van der Waals surface area contributed by atoms with E-state index in [1.165, 1.54) is 6.07 Å². The number of hydrogen-bond acceptors (Lipinski definition) is 6. The molecular formula is C21H23ClN4O4. The Labute approximate surface area is 179 Å². The molecule has 0 saturated carbocycles. The Morgan fingerprint density at radius 1 is 1.20 bits per heavy atom. The van der Waals surface area contributed by atoms with Crippen LogP contribution in [0.5, 0.6) is 5.75 Å². The Morgan fingerprint density at radius 2 is 1.97 bits per heavy atom. The molecule has 2 aliphatic heterocycles. The Kier molecular flexibility index (Phi) is 5.78. The van der Waals surface area contributed by atoms with Crippen LogP contribution in [-0.4, -0.2) is 55.6 Å². The van der Waals surface area contributed by atoms with Crippen molar-refractivity contribution >= 4 is 28.9 Å². The molecule has 158 valence electrons. The molecule has 1 unspecified atom stereocenters. The van der Waals surface area contributed by atoms with Gasteiger partial charge < -0.3 is 19.9 Å². The molecule has 4 rings (SSSR count). The van der Waals surface area contributed by atoms with Crippen molar-refractivity contribution in [3.05, 3.63) is 62.7 Å².